The number of amides is 1. The number of alkyl carbamates (subject to hydrolysis) is 1. The van der Waals surface area contributed by atoms with Gasteiger partial charge in [0, 0.05) is 12.2 Å². The zero-order chi connectivity index (χ0) is 23.6. The van der Waals surface area contributed by atoms with Crippen molar-refractivity contribution < 1.29 is 19.4 Å². The summed E-state index contributed by atoms with van der Waals surface area (Å²) in [4.78, 5) is 24.4. The van der Waals surface area contributed by atoms with Crippen molar-refractivity contribution in [2.24, 2.45) is 0 Å². The van der Waals surface area contributed by atoms with Crippen molar-refractivity contribution in [3.63, 3.8) is 0 Å². The Hall–Kier alpha value is -2.17. The maximum absolute atomic E-state index is 12.3. The molecule has 1 amide bonds. The SMILES string of the molecule is Cc1cc(C)cc(P(=S)(C[C@H](NC(=O)OC(C)(C)C)C(=O)O)c2cc(C)cc(C)c2)c1. The largest absolute Gasteiger partial charge is 0.480 e. The summed E-state index contributed by atoms with van der Waals surface area (Å²) in [5.41, 5.74) is 3.55. The molecule has 168 valence electrons. The van der Waals surface area contributed by atoms with Gasteiger partial charge < -0.3 is 15.2 Å². The van der Waals surface area contributed by atoms with Gasteiger partial charge in [-0.25, -0.2) is 9.59 Å². The van der Waals surface area contributed by atoms with Gasteiger partial charge in [-0.1, -0.05) is 70.5 Å². The zero-order valence-electron chi connectivity index (χ0n) is 19.3. The second-order valence-corrected chi connectivity index (χ2v) is 13.9. The minimum atomic E-state index is -2.57. The third-order valence-electron chi connectivity index (χ3n) is 4.68. The normalized spacial score (nSPS) is 12.9. The summed E-state index contributed by atoms with van der Waals surface area (Å²) in [6.45, 7) is 13.2. The van der Waals surface area contributed by atoms with Crippen LogP contribution in [-0.2, 0) is 21.3 Å². The molecule has 0 aliphatic heterocycles. The van der Waals surface area contributed by atoms with Gasteiger partial charge >= 0.3 is 12.1 Å². The van der Waals surface area contributed by atoms with Crippen molar-refractivity contribution in [3.8, 4) is 0 Å². The van der Waals surface area contributed by atoms with E-state index in [0.717, 1.165) is 32.9 Å². The summed E-state index contributed by atoms with van der Waals surface area (Å²) in [7, 11) is 0. The van der Waals surface area contributed by atoms with Gasteiger partial charge in [-0.05, 0) is 59.1 Å². The Labute approximate surface area is 190 Å². The van der Waals surface area contributed by atoms with Gasteiger partial charge in [-0.3, -0.25) is 0 Å². The van der Waals surface area contributed by atoms with Crippen LogP contribution in [0.5, 0.6) is 0 Å². The van der Waals surface area contributed by atoms with Crippen molar-refractivity contribution in [1.29, 1.82) is 0 Å². The number of carboxylic acids is 1. The van der Waals surface area contributed by atoms with Gasteiger partial charge in [0.2, 0.25) is 0 Å². The minimum absolute atomic E-state index is 0.114. The molecule has 0 aromatic heterocycles. The van der Waals surface area contributed by atoms with Gasteiger partial charge in [-0.2, -0.15) is 0 Å². The summed E-state index contributed by atoms with van der Waals surface area (Å²) >= 11 is 6.29. The maximum Gasteiger partial charge on any atom is 0.408 e. The van der Waals surface area contributed by atoms with E-state index in [-0.39, 0.29) is 6.16 Å². The fourth-order valence-corrected chi connectivity index (χ4v) is 7.78. The Morgan fingerprint density at radius 1 is 0.935 bits per heavy atom. The first kappa shape index (κ1) is 25.1. The molecule has 0 aliphatic carbocycles. The molecule has 0 radical (unpaired) electrons. The molecular weight excluding hydrogens is 429 g/mol. The van der Waals surface area contributed by atoms with Gasteiger partial charge in [0.1, 0.15) is 11.6 Å². The maximum atomic E-state index is 12.3. The third kappa shape index (κ3) is 6.91. The van der Waals surface area contributed by atoms with Crippen LogP contribution in [0.4, 0.5) is 4.79 Å². The number of carbonyl (C=O) groups excluding carboxylic acids is 1. The Bertz CT molecular complexity index is 946. The van der Waals surface area contributed by atoms with E-state index in [9.17, 15) is 14.7 Å². The molecule has 2 rings (SSSR count). The number of rotatable bonds is 6. The fourth-order valence-electron chi connectivity index (χ4n) is 3.57. The van der Waals surface area contributed by atoms with Crippen molar-refractivity contribution in [1.82, 2.24) is 5.32 Å². The smallest absolute Gasteiger partial charge is 0.408 e. The number of benzene rings is 2. The lowest BCUT2D eigenvalue weighted by atomic mass is 10.2. The first-order valence-corrected chi connectivity index (χ1v) is 13.2. The Kier molecular flexibility index (Phi) is 7.72. The number of carbonyl (C=O) groups is 2. The molecule has 2 N–H and O–H groups in total. The summed E-state index contributed by atoms with van der Waals surface area (Å²) in [5.74, 6) is -1.13. The molecule has 0 fully saturated rings. The number of hydrogen-bond donors (Lipinski definition) is 2. The molecule has 0 unspecified atom stereocenters. The van der Waals surface area contributed by atoms with Gasteiger partial charge in [0.05, 0.1) is 0 Å². The van der Waals surface area contributed by atoms with E-state index in [1.165, 1.54) is 0 Å². The number of ether oxygens (including phenoxy) is 1. The average Bonchev–Trinajstić information content (AvgIpc) is 2.57. The molecule has 0 saturated heterocycles. The van der Waals surface area contributed by atoms with E-state index in [1.807, 2.05) is 52.0 Å². The third-order valence-corrected chi connectivity index (χ3v) is 9.45. The number of hydrogen-bond acceptors (Lipinski definition) is 4. The fraction of sp³-hybridized carbons (Fsp3) is 0.417. The zero-order valence-corrected chi connectivity index (χ0v) is 21.0. The van der Waals surface area contributed by atoms with Crippen LogP contribution in [0, 0.1) is 27.7 Å². The second kappa shape index (κ2) is 9.54. The predicted molar refractivity (Wildman–Crippen MR) is 131 cm³/mol. The molecule has 0 spiro atoms. The van der Waals surface area contributed by atoms with E-state index in [2.05, 4.69) is 17.4 Å². The first-order valence-electron chi connectivity index (χ1n) is 10.2. The van der Waals surface area contributed by atoms with Crippen LogP contribution in [0.2, 0.25) is 0 Å². The van der Waals surface area contributed by atoms with E-state index in [1.54, 1.807) is 20.8 Å². The van der Waals surface area contributed by atoms with Crippen LogP contribution in [0.15, 0.2) is 36.4 Å². The number of carboxylic acid groups (broad SMARTS) is 1. The van der Waals surface area contributed by atoms with Gasteiger partial charge in [0.25, 0.3) is 0 Å². The van der Waals surface area contributed by atoms with Gasteiger partial charge in [-0.15, -0.1) is 0 Å². The van der Waals surface area contributed by atoms with Crippen molar-refractivity contribution >= 4 is 40.5 Å². The van der Waals surface area contributed by atoms with Crippen LogP contribution < -0.4 is 15.9 Å². The number of aliphatic carboxylic acids is 1. The molecule has 1 atom stereocenters. The lowest BCUT2D eigenvalue weighted by molar-refractivity contribution is -0.138. The average molecular weight is 462 g/mol. The van der Waals surface area contributed by atoms with E-state index < -0.39 is 29.7 Å². The lowest BCUT2D eigenvalue weighted by Gasteiger charge is -2.29. The molecule has 0 bridgehead atoms. The van der Waals surface area contributed by atoms with E-state index in [0.29, 0.717) is 0 Å². The first-order chi connectivity index (χ1) is 14.2. The van der Waals surface area contributed by atoms with Crippen LogP contribution in [0.25, 0.3) is 0 Å². The molecule has 7 heteroatoms. The lowest BCUT2D eigenvalue weighted by Crippen LogP contribution is -2.46. The van der Waals surface area contributed by atoms with E-state index >= 15 is 0 Å². The molecule has 2 aromatic rings. The highest BCUT2D eigenvalue weighted by Gasteiger charge is 2.33. The van der Waals surface area contributed by atoms with Crippen molar-refractivity contribution in [2.45, 2.75) is 60.1 Å². The molecule has 2 aromatic carbocycles. The van der Waals surface area contributed by atoms with Crippen LogP contribution in [0.3, 0.4) is 0 Å². The topological polar surface area (TPSA) is 75.6 Å². The number of aryl methyl sites for hydroxylation is 4. The molecule has 5 nitrogen and oxygen atoms in total. The molecular formula is C24H32NO4PS. The summed E-state index contributed by atoms with van der Waals surface area (Å²) in [6, 6.07) is 8.56. The van der Waals surface area contributed by atoms with Crippen molar-refractivity contribution in [2.75, 3.05) is 6.16 Å². The standard InChI is InChI=1S/C24H32NO4PS/c1-15-8-16(2)11-19(10-15)30(31,20-12-17(3)9-18(4)13-20)14-21(22(26)27)25-23(28)29-24(5,6)7/h8-13,21H,14H2,1-7H3,(H,25,28)(H,26,27)/t21-/m0/s1. The highest BCUT2D eigenvalue weighted by atomic mass is 32.4. The summed E-state index contributed by atoms with van der Waals surface area (Å²) in [6.07, 6.45) is -0.648. The predicted octanol–water partition coefficient (Wildman–Crippen LogP) is 4.33. The Balaban J connectivity index is 2.57. The van der Waals surface area contributed by atoms with Crippen LogP contribution >= 0.6 is 6.04 Å². The van der Waals surface area contributed by atoms with Crippen LogP contribution in [-0.4, -0.2) is 35.0 Å². The molecule has 0 saturated carbocycles. The number of nitrogens with one attached hydrogen (secondary N) is 1. The minimum Gasteiger partial charge on any atom is -0.480 e. The quantitative estimate of drug-likeness (QED) is 0.627. The Morgan fingerprint density at radius 3 is 1.65 bits per heavy atom. The molecule has 31 heavy (non-hydrogen) atoms. The van der Waals surface area contributed by atoms with Gasteiger partial charge in [0.15, 0.2) is 0 Å². The monoisotopic (exact) mass is 461 g/mol. The second-order valence-electron chi connectivity index (χ2n) is 9.15. The van der Waals surface area contributed by atoms with Crippen LogP contribution in [0.1, 0.15) is 43.0 Å². The Morgan fingerprint density at radius 2 is 1.32 bits per heavy atom. The van der Waals surface area contributed by atoms with Crippen molar-refractivity contribution in [3.05, 3.63) is 58.7 Å². The summed E-state index contributed by atoms with van der Waals surface area (Å²) < 4.78 is 5.29. The molecule has 0 heterocycles. The summed E-state index contributed by atoms with van der Waals surface area (Å²) in [5, 5.41) is 14.3. The molecule has 0 aliphatic rings. The highest BCUT2D eigenvalue weighted by Crippen LogP contribution is 2.45. The highest BCUT2D eigenvalue weighted by molar-refractivity contribution is 8.22. The van der Waals surface area contributed by atoms with E-state index in [4.69, 9.17) is 16.5 Å².